The van der Waals surface area contributed by atoms with Crippen molar-refractivity contribution in [2.24, 2.45) is 0 Å². The van der Waals surface area contributed by atoms with Crippen LogP contribution >= 0.6 is 0 Å². The lowest BCUT2D eigenvalue weighted by molar-refractivity contribution is -0.166. The van der Waals surface area contributed by atoms with E-state index < -0.39 is 6.10 Å². The summed E-state index contributed by atoms with van der Waals surface area (Å²) in [7, 11) is 0. The predicted octanol–water partition coefficient (Wildman–Crippen LogP) is 17.8. The normalized spacial score (nSPS) is 12.8. The summed E-state index contributed by atoms with van der Waals surface area (Å²) in [6.07, 6.45) is 69.7. The monoisotopic (exact) mass is 903 g/mol. The molecule has 0 bridgehead atoms. The standard InChI is InChI=1S/C59H98O6/c1-4-7-10-13-16-19-22-24-26-28-29-31-32-34-37-40-43-46-49-52-58(61)64-55-56(54-63-57(60)51-48-45-42-39-36-21-18-15-12-9-6-3)65-59(62)53-50-47-44-41-38-35-33-30-27-25-23-20-17-14-11-8-5-2/h15-20,24-27,29,31,34,37,43,46,56H,4-14,21-23,28,30,32-33,35-36,38-42,44-45,47-55H2,1-3H3/b18-15-,19-16-,20-17-,26-24-,27-25-,31-29-,37-34-,46-43-/t56-/m0/s1. The van der Waals surface area contributed by atoms with E-state index in [0.717, 1.165) is 89.9 Å². The zero-order valence-corrected chi connectivity index (χ0v) is 42.2. The minimum atomic E-state index is -0.815. The Hall–Kier alpha value is -3.67. The van der Waals surface area contributed by atoms with Crippen molar-refractivity contribution in [3.05, 3.63) is 97.2 Å². The number of unbranched alkanes of at least 4 members (excludes halogenated alkanes) is 20. The van der Waals surface area contributed by atoms with E-state index in [1.54, 1.807) is 0 Å². The second kappa shape index (κ2) is 52.9. The Kier molecular flexibility index (Phi) is 50.0. The van der Waals surface area contributed by atoms with Crippen LogP contribution in [-0.2, 0) is 28.6 Å². The fourth-order valence-electron chi connectivity index (χ4n) is 6.96. The third-order valence-corrected chi connectivity index (χ3v) is 11.0. The van der Waals surface area contributed by atoms with Crippen LogP contribution in [0.25, 0.3) is 0 Å². The van der Waals surface area contributed by atoms with Crippen molar-refractivity contribution >= 4 is 17.9 Å². The van der Waals surface area contributed by atoms with Crippen molar-refractivity contribution in [1.29, 1.82) is 0 Å². The number of carbonyl (C=O) groups excluding carboxylic acids is 3. The second-order valence-electron chi connectivity index (χ2n) is 17.4. The van der Waals surface area contributed by atoms with Crippen LogP contribution in [0.3, 0.4) is 0 Å². The molecule has 0 aromatic carbocycles. The quantitative estimate of drug-likeness (QED) is 0.0262. The van der Waals surface area contributed by atoms with E-state index in [-0.39, 0.29) is 37.5 Å². The number of carbonyl (C=O) groups is 3. The van der Waals surface area contributed by atoms with E-state index >= 15 is 0 Å². The number of hydrogen-bond acceptors (Lipinski definition) is 6. The van der Waals surface area contributed by atoms with E-state index in [0.29, 0.717) is 19.3 Å². The van der Waals surface area contributed by atoms with Crippen molar-refractivity contribution in [3.8, 4) is 0 Å². The van der Waals surface area contributed by atoms with Gasteiger partial charge in [0.25, 0.3) is 0 Å². The maximum Gasteiger partial charge on any atom is 0.306 e. The molecular formula is C59H98O6. The minimum absolute atomic E-state index is 0.109. The number of allylic oxidation sites excluding steroid dienone is 16. The lowest BCUT2D eigenvalue weighted by atomic mass is 10.1. The van der Waals surface area contributed by atoms with Gasteiger partial charge in [-0.15, -0.1) is 0 Å². The molecule has 0 aliphatic heterocycles. The maximum absolute atomic E-state index is 12.8. The Balaban J connectivity index is 4.50. The van der Waals surface area contributed by atoms with Crippen molar-refractivity contribution in [2.45, 2.75) is 245 Å². The maximum atomic E-state index is 12.8. The highest BCUT2D eigenvalue weighted by Gasteiger charge is 2.19. The van der Waals surface area contributed by atoms with E-state index in [1.165, 1.54) is 103 Å². The van der Waals surface area contributed by atoms with Gasteiger partial charge in [0.15, 0.2) is 6.10 Å². The summed E-state index contributed by atoms with van der Waals surface area (Å²) < 4.78 is 16.7. The summed E-state index contributed by atoms with van der Waals surface area (Å²) in [6, 6.07) is 0. The third kappa shape index (κ3) is 51.2. The number of hydrogen-bond donors (Lipinski definition) is 0. The Bertz CT molecular complexity index is 1310. The van der Waals surface area contributed by atoms with Crippen LogP contribution in [-0.4, -0.2) is 37.2 Å². The van der Waals surface area contributed by atoms with Crippen molar-refractivity contribution in [1.82, 2.24) is 0 Å². The fourth-order valence-corrected chi connectivity index (χ4v) is 6.96. The largest absolute Gasteiger partial charge is 0.462 e. The Morgan fingerprint density at radius 3 is 1.02 bits per heavy atom. The Labute approximate surface area is 400 Å². The smallest absolute Gasteiger partial charge is 0.306 e. The van der Waals surface area contributed by atoms with Crippen LogP contribution in [0.5, 0.6) is 0 Å². The molecule has 0 heterocycles. The zero-order chi connectivity index (χ0) is 47.2. The molecule has 65 heavy (non-hydrogen) atoms. The molecule has 0 spiro atoms. The van der Waals surface area contributed by atoms with Gasteiger partial charge in [-0.2, -0.15) is 0 Å². The van der Waals surface area contributed by atoms with Crippen LogP contribution < -0.4 is 0 Å². The molecule has 0 aromatic rings. The molecule has 0 rings (SSSR count). The molecular weight excluding hydrogens is 805 g/mol. The Morgan fingerprint density at radius 1 is 0.308 bits per heavy atom. The highest BCUT2D eigenvalue weighted by molar-refractivity contribution is 5.71. The molecule has 0 amide bonds. The third-order valence-electron chi connectivity index (χ3n) is 11.0. The summed E-state index contributed by atoms with van der Waals surface area (Å²) in [5.41, 5.74) is 0. The number of ether oxygens (including phenoxy) is 3. The predicted molar refractivity (Wildman–Crippen MR) is 279 cm³/mol. The molecule has 6 nitrogen and oxygen atoms in total. The fraction of sp³-hybridized carbons (Fsp3) is 0.678. The molecule has 0 fully saturated rings. The van der Waals surface area contributed by atoms with Gasteiger partial charge in [0.05, 0.1) is 0 Å². The summed E-state index contributed by atoms with van der Waals surface area (Å²) in [5, 5.41) is 0. The molecule has 1 atom stereocenters. The van der Waals surface area contributed by atoms with E-state index in [1.807, 2.05) is 6.08 Å². The molecule has 0 aliphatic rings. The van der Waals surface area contributed by atoms with E-state index in [9.17, 15) is 14.4 Å². The molecule has 0 N–H and O–H groups in total. The van der Waals surface area contributed by atoms with Gasteiger partial charge >= 0.3 is 17.9 Å². The highest BCUT2D eigenvalue weighted by atomic mass is 16.6. The summed E-state index contributed by atoms with van der Waals surface area (Å²) >= 11 is 0. The number of rotatable bonds is 47. The molecule has 0 saturated heterocycles. The van der Waals surface area contributed by atoms with Gasteiger partial charge in [-0.3, -0.25) is 14.4 Å². The van der Waals surface area contributed by atoms with Gasteiger partial charge in [0.2, 0.25) is 0 Å². The summed E-state index contributed by atoms with van der Waals surface area (Å²) in [5.74, 6) is -1.01. The molecule has 0 unspecified atom stereocenters. The van der Waals surface area contributed by atoms with Crippen LogP contribution in [0, 0.1) is 0 Å². The summed E-state index contributed by atoms with van der Waals surface area (Å²) in [6.45, 7) is 6.46. The molecule has 6 heteroatoms. The topological polar surface area (TPSA) is 78.9 Å². The van der Waals surface area contributed by atoms with Crippen LogP contribution in [0.1, 0.15) is 239 Å². The Morgan fingerprint density at radius 2 is 0.600 bits per heavy atom. The van der Waals surface area contributed by atoms with Crippen LogP contribution in [0.4, 0.5) is 0 Å². The number of esters is 3. The lowest BCUT2D eigenvalue weighted by Crippen LogP contribution is -2.30. The first kappa shape index (κ1) is 61.3. The van der Waals surface area contributed by atoms with Gasteiger partial charge < -0.3 is 14.2 Å². The van der Waals surface area contributed by atoms with Gasteiger partial charge in [0, 0.05) is 19.3 Å². The molecule has 0 aliphatic carbocycles. The average molecular weight is 903 g/mol. The summed E-state index contributed by atoms with van der Waals surface area (Å²) in [4.78, 5) is 38.0. The molecule has 0 aromatic heterocycles. The van der Waals surface area contributed by atoms with Crippen LogP contribution in [0.2, 0.25) is 0 Å². The van der Waals surface area contributed by atoms with Crippen molar-refractivity contribution in [2.75, 3.05) is 13.2 Å². The van der Waals surface area contributed by atoms with Crippen molar-refractivity contribution in [3.63, 3.8) is 0 Å². The zero-order valence-electron chi connectivity index (χ0n) is 42.2. The second-order valence-corrected chi connectivity index (χ2v) is 17.4. The molecule has 370 valence electrons. The molecule has 0 saturated carbocycles. The first-order valence-corrected chi connectivity index (χ1v) is 26.7. The minimum Gasteiger partial charge on any atom is -0.462 e. The van der Waals surface area contributed by atoms with Crippen LogP contribution in [0.15, 0.2) is 97.2 Å². The van der Waals surface area contributed by atoms with Gasteiger partial charge in [-0.1, -0.05) is 208 Å². The molecule has 0 radical (unpaired) electrons. The SMILES string of the molecule is CCCC/C=C\CCCCCCCC(=O)OC[C@@H](COC(=O)CC/C=C\C/C=C\C/C=C\C/C=C\C/C=C\CCCCC)OC(=O)CCCCCCCCC/C=C\C/C=C\CCCCC. The highest BCUT2D eigenvalue weighted by Crippen LogP contribution is 2.13. The lowest BCUT2D eigenvalue weighted by Gasteiger charge is -2.18. The first-order chi connectivity index (χ1) is 32.0. The van der Waals surface area contributed by atoms with Crippen molar-refractivity contribution < 1.29 is 28.6 Å². The first-order valence-electron chi connectivity index (χ1n) is 26.7. The van der Waals surface area contributed by atoms with E-state index in [2.05, 4.69) is 112 Å². The average Bonchev–Trinajstić information content (AvgIpc) is 3.30. The van der Waals surface area contributed by atoms with Gasteiger partial charge in [-0.25, -0.2) is 0 Å². The van der Waals surface area contributed by atoms with Gasteiger partial charge in [-0.05, 0) is 109 Å². The van der Waals surface area contributed by atoms with Gasteiger partial charge in [0.1, 0.15) is 13.2 Å². The van der Waals surface area contributed by atoms with E-state index in [4.69, 9.17) is 14.2 Å².